The first-order valence-electron chi connectivity index (χ1n) is 9.54. The molecule has 0 amide bonds. The number of sulfonamides is 1. The predicted octanol–water partition coefficient (Wildman–Crippen LogP) is 1.93. The van der Waals surface area contributed by atoms with Gasteiger partial charge >= 0.3 is 0 Å². The first-order chi connectivity index (χ1) is 13.6. The van der Waals surface area contributed by atoms with E-state index in [0.717, 1.165) is 49.2 Å². The fraction of sp³-hybridized carbons (Fsp3) is 0.350. The lowest BCUT2D eigenvalue weighted by Gasteiger charge is -2.40. The predicted molar refractivity (Wildman–Crippen MR) is 107 cm³/mol. The summed E-state index contributed by atoms with van der Waals surface area (Å²) in [5.41, 5.74) is 2.93. The Hall–Kier alpha value is -2.58. The normalized spacial score (nSPS) is 16.9. The van der Waals surface area contributed by atoms with E-state index in [2.05, 4.69) is 30.9 Å². The van der Waals surface area contributed by atoms with Crippen molar-refractivity contribution in [1.29, 1.82) is 0 Å². The molecule has 1 saturated heterocycles. The molecule has 1 aromatic carbocycles. The first kappa shape index (κ1) is 17.5. The zero-order valence-electron chi connectivity index (χ0n) is 15.4. The maximum absolute atomic E-state index is 12.8. The zero-order chi connectivity index (χ0) is 19.1. The Labute approximate surface area is 163 Å². The van der Waals surface area contributed by atoms with Crippen molar-refractivity contribution in [3.8, 4) is 0 Å². The van der Waals surface area contributed by atoms with E-state index in [1.165, 1.54) is 5.56 Å². The van der Waals surface area contributed by atoms with Crippen molar-refractivity contribution in [3.05, 3.63) is 53.9 Å². The fourth-order valence-electron chi connectivity index (χ4n) is 3.96. The average Bonchev–Trinajstić information content (AvgIpc) is 3.14. The molecular formula is C20H21N5O2S. The summed E-state index contributed by atoms with van der Waals surface area (Å²) in [6.45, 7) is 1.97. The van der Waals surface area contributed by atoms with E-state index in [0.29, 0.717) is 12.1 Å². The Kier molecular flexibility index (Phi) is 4.25. The lowest BCUT2D eigenvalue weighted by atomic mass is 10.0. The largest absolute Gasteiger partial charge is 0.354 e. The van der Waals surface area contributed by atoms with Crippen LogP contribution in [-0.2, 0) is 22.9 Å². The third kappa shape index (κ3) is 3.12. The van der Waals surface area contributed by atoms with E-state index in [4.69, 9.17) is 0 Å². The molecule has 0 atom stereocenters. The third-order valence-corrected chi connectivity index (χ3v) is 6.99. The highest BCUT2D eigenvalue weighted by Gasteiger charge is 2.30. The minimum absolute atomic E-state index is 0.228. The van der Waals surface area contributed by atoms with Gasteiger partial charge in [0.1, 0.15) is 4.90 Å². The summed E-state index contributed by atoms with van der Waals surface area (Å²) in [7, 11) is -3.61. The van der Waals surface area contributed by atoms with Crippen molar-refractivity contribution >= 4 is 26.7 Å². The Bertz CT molecular complexity index is 1140. The van der Waals surface area contributed by atoms with E-state index in [1.54, 1.807) is 24.4 Å². The highest BCUT2D eigenvalue weighted by molar-refractivity contribution is 7.89. The number of nitrogens with one attached hydrogen (secondary N) is 1. The van der Waals surface area contributed by atoms with Crippen molar-refractivity contribution in [2.45, 2.75) is 24.2 Å². The van der Waals surface area contributed by atoms with Crippen LogP contribution >= 0.6 is 0 Å². The van der Waals surface area contributed by atoms with Crippen molar-refractivity contribution in [3.63, 3.8) is 0 Å². The molecule has 0 saturated carbocycles. The minimum atomic E-state index is -3.61. The van der Waals surface area contributed by atoms with Crippen molar-refractivity contribution in [2.24, 2.45) is 5.92 Å². The molecule has 1 N–H and O–H groups in total. The second-order valence-corrected chi connectivity index (χ2v) is 9.22. The molecule has 0 radical (unpaired) electrons. The lowest BCUT2D eigenvalue weighted by Crippen LogP contribution is -2.52. The highest BCUT2D eigenvalue weighted by Crippen LogP contribution is 2.27. The second kappa shape index (κ2) is 6.79. The van der Waals surface area contributed by atoms with Crippen molar-refractivity contribution < 1.29 is 8.42 Å². The molecule has 0 bridgehead atoms. The van der Waals surface area contributed by atoms with E-state index < -0.39 is 10.0 Å². The molecule has 7 nitrogen and oxygen atoms in total. The molecule has 2 aliphatic rings. The minimum Gasteiger partial charge on any atom is -0.354 e. The Morgan fingerprint density at radius 2 is 1.96 bits per heavy atom. The summed E-state index contributed by atoms with van der Waals surface area (Å²) in [4.78, 5) is 6.63. The van der Waals surface area contributed by atoms with Gasteiger partial charge in [0.05, 0.1) is 11.2 Å². The van der Waals surface area contributed by atoms with E-state index >= 15 is 0 Å². The molecule has 0 unspecified atom stereocenters. The van der Waals surface area contributed by atoms with Crippen LogP contribution in [0.15, 0.2) is 47.5 Å². The third-order valence-electron chi connectivity index (χ3n) is 5.54. The van der Waals surface area contributed by atoms with Crippen LogP contribution in [0.3, 0.4) is 0 Å². The van der Waals surface area contributed by atoms with Crippen LogP contribution in [-0.4, -0.2) is 43.2 Å². The second-order valence-electron chi connectivity index (χ2n) is 7.48. The highest BCUT2D eigenvalue weighted by atomic mass is 32.2. The summed E-state index contributed by atoms with van der Waals surface area (Å²) in [6.07, 6.45) is 4.87. The van der Waals surface area contributed by atoms with Gasteiger partial charge in [-0.2, -0.15) is 5.10 Å². The van der Waals surface area contributed by atoms with Crippen LogP contribution in [0.5, 0.6) is 0 Å². The quantitative estimate of drug-likeness (QED) is 0.710. The maximum atomic E-state index is 12.8. The van der Waals surface area contributed by atoms with Crippen LogP contribution in [0.4, 0.5) is 5.82 Å². The molecule has 3 heterocycles. The van der Waals surface area contributed by atoms with Gasteiger partial charge in [-0.05, 0) is 43.0 Å². The number of aromatic nitrogens is 3. The van der Waals surface area contributed by atoms with E-state index in [-0.39, 0.29) is 10.8 Å². The van der Waals surface area contributed by atoms with E-state index in [1.807, 2.05) is 12.1 Å². The van der Waals surface area contributed by atoms with Gasteiger partial charge in [0, 0.05) is 37.1 Å². The van der Waals surface area contributed by atoms with Crippen LogP contribution in [0.25, 0.3) is 10.9 Å². The van der Waals surface area contributed by atoms with Gasteiger partial charge in [0.15, 0.2) is 5.82 Å². The first-order valence-corrected chi connectivity index (χ1v) is 11.0. The van der Waals surface area contributed by atoms with Crippen molar-refractivity contribution in [1.82, 2.24) is 19.9 Å². The number of benzene rings is 1. The summed E-state index contributed by atoms with van der Waals surface area (Å²) in [5, 5.41) is 9.47. The summed E-state index contributed by atoms with van der Waals surface area (Å²) < 4.78 is 28.3. The number of para-hydroxylation sites is 1. The fourth-order valence-corrected chi connectivity index (χ4v) is 5.25. The molecule has 0 spiro atoms. The van der Waals surface area contributed by atoms with Crippen LogP contribution in [0, 0.1) is 5.92 Å². The zero-order valence-corrected chi connectivity index (χ0v) is 16.2. The Morgan fingerprint density at radius 1 is 1.11 bits per heavy atom. The standard InChI is InChI=1S/C20H21N5O2S/c26-28(27,18-8-2-4-15-6-3-9-21-20(15)18)22-11-14-12-25(13-14)19-10-16-5-1-7-17(16)23-24-19/h2-4,6,8-10,14,22H,1,5,7,11-13H2. The summed E-state index contributed by atoms with van der Waals surface area (Å²) in [6, 6.07) is 11.0. The smallest absolute Gasteiger partial charge is 0.242 e. The molecule has 5 rings (SSSR count). The molecule has 2 aromatic heterocycles. The van der Waals surface area contributed by atoms with Crippen LogP contribution < -0.4 is 9.62 Å². The number of nitrogens with zero attached hydrogens (tertiary/aromatic N) is 4. The van der Waals surface area contributed by atoms with Crippen LogP contribution in [0.2, 0.25) is 0 Å². The Morgan fingerprint density at radius 3 is 2.86 bits per heavy atom. The number of hydrogen-bond acceptors (Lipinski definition) is 6. The number of anilines is 1. The van der Waals surface area contributed by atoms with Gasteiger partial charge in [-0.3, -0.25) is 4.98 Å². The molecule has 8 heteroatoms. The topological polar surface area (TPSA) is 88.1 Å². The molecular weight excluding hydrogens is 374 g/mol. The molecule has 1 fully saturated rings. The number of pyridine rings is 1. The van der Waals surface area contributed by atoms with Gasteiger partial charge < -0.3 is 4.90 Å². The summed E-state index contributed by atoms with van der Waals surface area (Å²) in [5.74, 6) is 1.16. The van der Waals surface area contributed by atoms with Gasteiger partial charge in [0.2, 0.25) is 10.0 Å². The maximum Gasteiger partial charge on any atom is 0.242 e. The molecule has 3 aromatic rings. The molecule has 1 aliphatic carbocycles. The summed E-state index contributed by atoms with van der Waals surface area (Å²) >= 11 is 0. The van der Waals surface area contributed by atoms with Gasteiger partial charge in [-0.1, -0.05) is 18.2 Å². The number of aryl methyl sites for hydroxylation is 2. The monoisotopic (exact) mass is 395 g/mol. The van der Waals surface area contributed by atoms with Crippen LogP contribution in [0.1, 0.15) is 17.7 Å². The van der Waals surface area contributed by atoms with Gasteiger partial charge in [0.25, 0.3) is 0 Å². The molecule has 28 heavy (non-hydrogen) atoms. The Balaban J connectivity index is 1.24. The molecule has 144 valence electrons. The lowest BCUT2D eigenvalue weighted by molar-refractivity contribution is 0.402. The molecule has 1 aliphatic heterocycles. The number of hydrogen-bond donors (Lipinski definition) is 1. The average molecular weight is 395 g/mol. The van der Waals surface area contributed by atoms with Gasteiger partial charge in [-0.15, -0.1) is 5.10 Å². The van der Waals surface area contributed by atoms with Gasteiger partial charge in [-0.25, -0.2) is 13.1 Å². The number of fused-ring (bicyclic) bond motifs is 2. The SMILES string of the molecule is O=S(=O)(NCC1CN(c2cc3c(nn2)CCC3)C1)c1cccc2cccnc12. The number of rotatable bonds is 5. The van der Waals surface area contributed by atoms with Crippen molar-refractivity contribution in [2.75, 3.05) is 24.5 Å². The van der Waals surface area contributed by atoms with E-state index in [9.17, 15) is 8.42 Å².